The van der Waals surface area contributed by atoms with Crippen molar-refractivity contribution in [1.82, 2.24) is 10.3 Å². The number of amides is 1. The number of sulfone groups is 1. The van der Waals surface area contributed by atoms with Gasteiger partial charge in [-0.3, -0.25) is 15.1 Å². The Morgan fingerprint density at radius 3 is 2.88 bits per heavy atom. The Morgan fingerprint density at radius 2 is 2.31 bits per heavy atom. The quantitative estimate of drug-likeness (QED) is 0.377. The number of carbonyl (C=O) groups excluding carboxylic acids is 1. The van der Waals surface area contributed by atoms with E-state index < -0.39 is 15.2 Å². The van der Waals surface area contributed by atoms with E-state index >= 15 is 0 Å². The number of nitrogens with two attached hydrogens (primary N) is 1. The largest absolute Gasteiger partial charge is 0.294 e. The highest BCUT2D eigenvalue weighted by atomic mass is 32.2. The van der Waals surface area contributed by atoms with Crippen molar-refractivity contribution in [3.05, 3.63) is 0 Å². The van der Waals surface area contributed by atoms with E-state index in [0.717, 1.165) is 5.75 Å². The topological polar surface area (TPSA) is 92.5 Å². The van der Waals surface area contributed by atoms with Gasteiger partial charge in [0, 0.05) is 37.3 Å². The van der Waals surface area contributed by atoms with Crippen LogP contribution in [0, 0.1) is 0 Å². The molecule has 0 aromatic carbocycles. The fraction of sp³-hybridized carbons (Fsp3) is 0.875. The van der Waals surface area contributed by atoms with Gasteiger partial charge in [-0.2, -0.15) is 11.8 Å². The van der Waals surface area contributed by atoms with Crippen molar-refractivity contribution in [2.24, 2.45) is 5.84 Å². The van der Waals surface area contributed by atoms with Gasteiger partial charge in [-0.25, -0.2) is 14.3 Å². The number of nitrogens with zero attached hydrogens (tertiary/aromatic N) is 1. The van der Waals surface area contributed by atoms with E-state index in [4.69, 9.17) is 5.84 Å². The van der Waals surface area contributed by atoms with E-state index in [0.29, 0.717) is 18.8 Å². The molecular formula is C8H17N3O3S2. The minimum atomic E-state index is -3.09. The summed E-state index contributed by atoms with van der Waals surface area (Å²) in [5.41, 5.74) is 2.04. The summed E-state index contributed by atoms with van der Waals surface area (Å²) in [6, 6.07) is 0. The standard InChI is InChI=1S/C8H17N3O3S2/c1-16(13,14)8-6-15-5-4-11(8)3-2-7(12)10-9/h8H,2-6,9H2,1H3,(H,10,12). The normalized spacial score (nSPS) is 23.0. The second-order valence-corrected chi connectivity index (χ2v) is 7.07. The summed E-state index contributed by atoms with van der Waals surface area (Å²) in [6.45, 7) is 1.13. The molecule has 1 unspecified atom stereocenters. The lowest BCUT2D eigenvalue weighted by molar-refractivity contribution is -0.121. The molecule has 1 saturated heterocycles. The van der Waals surface area contributed by atoms with Crippen molar-refractivity contribution in [2.75, 3.05) is 30.9 Å². The van der Waals surface area contributed by atoms with E-state index in [1.54, 1.807) is 11.8 Å². The van der Waals surface area contributed by atoms with Gasteiger partial charge >= 0.3 is 0 Å². The third-order valence-corrected chi connectivity index (χ3v) is 5.16. The molecule has 16 heavy (non-hydrogen) atoms. The number of thioether (sulfide) groups is 1. The summed E-state index contributed by atoms with van der Waals surface area (Å²) in [6.07, 6.45) is 1.47. The van der Waals surface area contributed by atoms with E-state index in [1.165, 1.54) is 6.26 Å². The van der Waals surface area contributed by atoms with Crippen LogP contribution in [0.3, 0.4) is 0 Å². The van der Waals surface area contributed by atoms with Gasteiger partial charge in [0.25, 0.3) is 0 Å². The van der Waals surface area contributed by atoms with Crippen molar-refractivity contribution in [3.8, 4) is 0 Å². The Bertz CT molecular complexity index is 344. The highest BCUT2D eigenvalue weighted by molar-refractivity contribution is 8.00. The molecule has 8 heteroatoms. The van der Waals surface area contributed by atoms with Crippen LogP contribution in [0.2, 0.25) is 0 Å². The van der Waals surface area contributed by atoms with Gasteiger partial charge in [0.05, 0.1) is 0 Å². The van der Waals surface area contributed by atoms with E-state index in [1.807, 2.05) is 10.3 Å². The number of carbonyl (C=O) groups is 1. The molecule has 1 aliphatic rings. The summed E-state index contributed by atoms with van der Waals surface area (Å²) in [5.74, 6) is 6.17. The van der Waals surface area contributed by atoms with Gasteiger partial charge in [0.1, 0.15) is 5.37 Å². The zero-order valence-electron chi connectivity index (χ0n) is 9.18. The number of hydrogen-bond donors (Lipinski definition) is 2. The lowest BCUT2D eigenvalue weighted by Gasteiger charge is -2.33. The first kappa shape index (κ1) is 13.8. The van der Waals surface area contributed by atoms with Crippen molar-refractivity contribution < 1.29 is 13.2 Å². The first-order chi connectivity index (χ1) is 7.45. The molecular weight excluding hydrogens is 250 g/mol. The Kier molecular flexibility index (Phi) is 5.03. The van der Waals surface area contributed by atoms with E-state index in [2.05, 4.69) is 0 Å². The molecule has 1 aliphatic heterocycles. The van der Waals surface area contributed by atoms with Crippen LogP contribution in [-0.2, 0) is 14.6 Å². The maximum atomic E-state index is 11.5. The maximum absolute atomic E-state index is 11.5. The van der Waals surface area contributed by atoms with Crippen LogP contribution in [0.15, 0.2) is 0 Å². The number of hydrazine groups is 1. The number of nitrogens with one attached hydrogen (secondary N) is 1. The van der Waals surface area contributed by atoms with Gasteiger partial charge in [0.15, 0.2) is 9.84 Å². The average molecular weight is 267 g/mol. The zero-order valence-corrected chi connectivity index (χ0v) is 10.8. The summed E-state index contributed by atoms with van der Waals surface area (Å²) >= 11 is 1.63. The molecule has 6 nitrogen and oxygen atoms in total. The van der Waals surface area contributed by atoms with Gasteiger partial charge in [-0.1, -0.05) is 0 Å². The van der Waals surface area contributed by atoms with Crippen molar-refractivity contribution >= 4 is 27.5 Å². The predicted molar refractivity (Wildman–Crippen MR) is 64.5 cm³/mol. The highest BCUT2D eigenvalue weighted by Gasteiger charge is 2.30. The Morgan fingerprint density at radius 1 is 1.62 bits per heavy atom. The second kappa shape index (κ2) is 5.85. The summed E-state index contributed by atoms with van der Waals surface area (Å²) in [7, 11) is -3.09. The zero-order chi connectivity index (χ0) is 12.2. The van der Waals surface area contributed by atoms with E-state index in [-0.39, 0.29) is 12.3 Å². The maximum Gasteiger partial charge on any atom is 0.235 e. The molecule has 1 heterocycles. The van der Waals surface area contributed by atoms with Crippen LogP contribution < -0.4 is 11.3 Å². The molecule has 3 N–H and O–H groups in total. The minimum absolute atomic E-state index is 0.229. The van der Waals surface area contributed by atoms with Crippen LogP contribution in [0.4, 0.5) is 0 Å². The van der Waals surface area contributed by atoms with E-state index in [9.17, 15) is 13.2 Å². The molecule has 0 aliphatic carbocycles. The third-order valence-electron chi connectivity index (χ3n) is 2.47. The Labute approximate surface area is 99.8 Å². The highest BCUT2D eigenvalue weighted by Crippen LogP contribution is 2.20. The van der Waals surface area contributed by atoms with Crippen LogP contribution in [0.25, 0.3) is 0 Å². The number of rotatable bonds is 4. The molecule has 0 aromatic heterocycles. The summed E-state index contributed by atoms with van der Waals surface area (Å²) < 4.78 is 23.1. The minimum Gasteiger partial charge on any atom is -0.294 e. The Balaban J connectivity index is 2.58. The van der Waals surface area contributed by atoms with Crippen LogP contribution in [0.5, 0.6) is 0 Å². The molecule has 0 spiro atoms. The smallest absolute Gasteiger partial charge is 0.235 e. The van der Waals surface area contributed by atoms with Crippen LogP contribution >= 0.6 is 11.8 Å². The van der Waals surface area contributed by atoms with Crippen LogP contribution in [0.1, 0.15) is 6.42 Å². The van der Waals surface area contributed by atoms with Crippen molar-refractivity contribution in [2.45, 2.75) is 11.8 Å². The van der Waals surface area contributed by atoms with Gasteiger partial charge < -0.3 is 0 Å². The molecule has 94 valence electrons. The Hall–Kier alpha value is -0.310. The second-order valence-electron chi connectivity index (χ2n) is 3.71. The summed E-state index contributed by atoms with van der Waals surface area (Å²) in [4.78, 5) is 12.8. The monoisotopic (exact) mass is 267 g/mol. The van der Waals surface area contributed by atoms with Gasteiger partial charge in [-0.15, -0.1) is 0 Å². The van der Waals surface area contributed by atoms with Crippen molar-refractivity contribution in [3.63, 3.8) is 0 Å². The van der Waals surface area contributed by atoms with Gasteiger partial charge in [0.2, 0.25) is 5.91 Å². The fourth-order valence-corrected chi connectivity index (χ4v) is 4.56. The average Bonchev–Trinajstić information content (AvgIpc) is 2.25. The molecule has 1 rings (SSSR count). The molecule has 1 fully saturated rings. The van der Waals surface area contributed by atoms with Crippen LogP contribution in [-0.4, -0.2) is 55.4 Å². The predicted octanol–water partition coefficient (Wildman–Crippen LogP) is -1.21. The molecule has 1 amide bonds. The first-order valence-electron chi connectivity index (χ1n) is 4.95. The lowest BCUT2D eigenvalue weighted by Crippen LogP contribution is -2.48. The summed E-state index contributed by atoms with van der Waals surface area (Å²) in [5, 5.41) is -0.475. The first-order valence-corrected chi connectivity index (χ1v) is 8.06. The molecule has 1 atom stereocenters. The lowest BCUT2D eigenvalue weighted by atomic mass is 10.3. The van der Waals surface area contributed by atoms with Gasteiger partial charge in [-0.05, 0) is 0 Å². The molecule has 0 aromatic rings. The van der Waals surface area contributed by atoms with Crippen molar-refractivity contribution in [1.29, 1.82) is 0 Å². The third kappa shape index (κ3) is 3.93. The number of hydrogen-bond acceptors (Lipinski definition) is 6. The molecule has 0 radical (unpaired) electrons. The molecule has 0 bridgehead atoms. The fourth-order valence-electron chi connectivity index (χ4n) is 1.58. The molecule has 0 saturated carbocycles. The SMILES string of the molecule is CS(=O)(=O)C1CSCCN1CCC(=O)NN.